The van der Waals surface area contributed by atoms with E-state index in [1.165, 1.54) is 154 Å². The number of ether oxygens (including phenoxy) is 2. The summed E-state index contributed by atoms with van der Waals surface area (Å²) in [6, 6.07) is 0. The zero-order valence-corrected chi connectivity index (χ0v) is 38.3. The molecule has 1 atom stereocenters. The maximum Gasteiger partial charge on any atom is 0.469 e. The molecule has 0 amide bonds. The van der Waals surface area contributed by atoms with Crippen LogP contribution >= 0.6 is 7.82 Å². The summed E-state index contributed by atoms with van der Waals surface area (Å²) in [5.41, 5.74) is 0. The van der Waals surface area contributed by atoms with Gasteiger partial charge in [-0.2, -0.15) is 0 Å². The van der Waals surface area contributed by atoms with Crippen LogP contribution in [0, 0.1) is 0 Å². The van der Waals surface area contributed by atoms with Crippen molar-refractivity contribution < 1.29 is 37.9 Å². The Bertz CT molecular complexity index is 1080. The second kappa shape index (κ2) is 44.6. The number of carbonyl (C=O) groups is 2. The molecule has 0 aliphatic heterocycles. The van der Waals surface area contributed by atoms with Crippen LogP contribution in [0.5, 0.6) is 0 Å². The minimum absolute atomic E-state index is 0.137. The molecule has 0 heterocycles. The number of hydrogen-bond donors (Lipinski definition) is 2. The topological polar surface area (TPSA) is 119 Å². The van der Waals surface area contributed by atoms with Crippen LogP contribution in [0.2, 0.25) is 0 Å². The van der Waals surface area contributed by atoms with E-state index in [4.69, 9.17) is 19.3 Å². The van der Waals surface area contributed by atoms with Gasteiger partial charge in [-0.25, -0.2) is 4.57 Å². The van der Waals surface area contributed by atoms with Gasteiger partial charge < -0.3 is 19.3 Å². The van der Waals surface area contributed by atoms with Crippen LogP contribution in [0.4, 0.5) is 0 Å². The maximum absolute atomic E-state index is 12.4. The van der Waals surface area contributed by atoms with Crippen LogP contribution in [0.3, 0.4) is 0 Å². The van der Waals surface area contributed by atoms with E-state index in [-0.39, 0.29) is 19.4 Å². The SMILES string of the molecule is CCCCCCCCC/C=C/C/C=C/C/C=C/C/C=C/CCCC(=O)O[C@H](COC(=O)CCCCCCCCCCCCCCCCCCCCC)COP(=O)(O)O. The average Bonchev–Trinajstić information content (AvgIpc) is 3.20. The molecule has 0 radical (unpaired) electrons. The smallest absolute Gasteiger partial charge is 0.462 e. The molecule has 338 valence electrons. The minimum Gasteiger partial charge on any atom is -0.462 e. The molecule has 0 unspecified atom stereocenters. The number of carbonyl (C=O) groups excluding carboxylic acids is 2. The van der Waals surface area contributed by atoms with Crippen molar-refractivity contribution in [3.05, 3.63) is 48.6 Å². The first-order chi connectivity index (χ1) is 28.3. The molecular weight excluding hydrogens is 748 g/mol. The molecule has 8 nitrogen and oxygen atoms in total. The molecule has 0 saturated heterocycles. The van der Waals surface area contributed by atoms with Gasteiger partial charge in [-0.3, -0.25) is 14.1 Å². The Balaban J connectivity index is 3.94. The zero-order chi connectivity index (χ0) is 42.5. The van der Waals surface area contributed by atoms with Gasteiger partial charge in [0.25, 0.3) is 0 Å². The summed E-state index contributed by atoms with van der Waals surface area (Å²) in [5, 5.41) is 0. The number of unbranched alkanes of at least 4 members (excludes halogenated alkanes) is 26. The summed E-state index contributed by atoms with van der Waals surface area (Å²) in [6.07, 6.45) is 55.6. The molecule has 9 heteroatoms. The molecule has 0 aromatic rings. The molecule has 0 spiro atoms. The van der Waals surface area contributed by atoms with Crippen molar-refractivity contribution in [1.29, 1.82) is 0 Å². The van der Waals surface area contributed by atoms with Crippen LogP contribution in [0.25, 0.3) is 0 Å². The van der Waals surface area contributed by atoms with Crippen LogP contribution in [0.15, 0.2) is 48.6 Å². The minimum atomic E-state index is -4.77. The van der Waals surface area contributed by atoms with Crippen molar-refractivity contribution in [1.82, 2.24) is 0 Å². The third kappa shape index (κ3) is 46.7. The van der Waals surface area contributed by atoms with E-state index in [1.54, 1.807) is 0 Å². The fourth-order valence-corrected chi connectivity index (χ4v) is 7.14. The second-order valence-corrected chi connectivity index (χ2v) is 17.3. The van der Waals surface area contributed by atoms with Gasteiger partial charge in [-0.15, -0.1) is 0 Å². The highest BCUT2D eigenvalue weighted by atomic mass is 31.2. The molecular formula is C49H89O8P. The molecule has 0 aliphatic rings. The van der Waals surface area contributed by atoms with E-state index in [1.807, 2.05) is 6.08 Å². The van der Waals surface area contributed by atoms with Crippen LogP contribution in [-0.4, -0.2) is 41.0 Å². The van der Waals surface area contributed by atoms with E-state index in [0.717, 1.165) is 38.5 Å². The van der Waals surface area contributed by atoms with Gasteiger partial charge in [0, 0.05) is 12.8 Å². The average molecular weight is 837 g/mol. The monoisotopic (exact) mass is 837 g/mol. The van der Waals surface area contributed by atoms with Gasteiger partial charge in [-0.1, -0.05) is 217 Å². The fraction of sp³-hybridized carbons (Fsp3) is 0.796. The van der Waals surface area contributed by atoms with Crippen molar-refractivity contribution in [3.8, 4) is 0 Å². The quantitative estimate of drug-likeness (QED) is 0.0269. The van der Waals surface area contributed by atoms with Crippen LogP contribution < -0.4 is 0 Å². The lowest BCUT2D eigenvalue weighted by molar-refractivity contribution is -0.161. The predicted molar refractivity (Wildman–Crippen MR) is 244 cm³/mol. The largest absolute Gasteiger partial charge is 0.469 e. The number of hydrogen-bond acceptors (Lipinski definition) is 6. The summed E-state index contributed by atoms with van der Waals surface area (Å²) in [4.78, 5) is 43.0. The summed E-state index contributed by atoms with van der Waals surface area (Å²) in [7, 11) is -4.77. The number of allylic oxidation sites excluding steroid dienone is 8. The van der Waals surface area contributed by atoms with Gasteiger partial charge in [0.05, 0.1) is 6.61 Å². The molecule has 2 N–H and O–H groups in total. The first-order valence-corrected chi connectivity index (χ1v) is 25.5. The standard InChI is InChI=1S/C49H89O8P/c1-3-5-7-9-11-13-15-17-19-21-23-24-26-28-30-32-34-36-38-40-42-44-49(51)57-47(46-56-58(52,53)54)45-55-48(50)43-41-39-37-35-33-31-29-27-25-22-20-18-16-14-12-10-8-6-4-2/h19,21,24,26,30,32,36,38,47H,3-18,20,22-23,25,27-29,31,33-35,37,39-46H2,1-2H3,(H2,52,53,54)/b21-19+,26-24+,32-30+,38-36+/t47-/m1/s1. The first kappa shape index (κ1) is 56.0. The Morgan fingerprint density at radius 1 is 0.448 bits per heavy atom. The Labute approximate surface area is 356 Å². The van der Waals surface area contributed by atoms with E-state index < -0.39 is 32.5 Å². The summed E-state index contributed by atoms with van der Waals surface area (Å²) < 4.78 is 26.4. The first-order valence-electron chi connectivity index (χ1n) is 23.9. The summed E-state index contributed by atoms with van der Waals surface area (Å²) >= 11 is 0. The summed E-state index contributed by atoms with van der Waals surface area (Å²) in [6.45, 7) is 3.67. The molecule has 0 bridgehead atoms. The van der Waals surface area contributed by atoms with Crippen LogP contribution in [0.1, 0.15) is 232 Å². The third-order valence-electron chi connectivity index (χ3n) is 10.4. The van der Waals surface area contributed by atoms with Crippen molar-refractivity contribution in [2.75, 3.05) is 13.2 Å². The van der Waals surface area contributed by atoms with E-state index >= 15 is 0 Å². The van der Waals surface area contributed by atoms with Crippen LogP contribution in [-0.2, 0) is 28.2 Å². The molecule has 0 aromatic heterocycles. The van der Waals surface area contributed by atoms with Gasteiger partial charge in [-0.05, 0) is 51.4 Å². The molecule has 0 aromatic carbocycles. The Morgan fingerprint density at radius 2 is 0.793 bits per heavy atom. The predicted octanol–water partition coefficient (Wildman–Crippen LogP) is 15.1. The zero-order valence-electron chi connectivity index (χ0n) is 37.4. The number of phosphoric ester groups is 1. The van der Waals surface area contributed by atoms with E-state index in [2.05, 4.69) is 60.9 Å². The highest BCUT2D eigenvalue weighted by Crippen LogP contribution is 2.36. The molecule has 0 rings (SSSR count). The molecule has 0 fully saturated rings. The van der Waals surface area contributed by atoms with Gasteiger partial charge in [0.1, 0.15) is 6.61 Å². The normalized spacial score (nSPS) is 12.8. The Morgan fingerprint density at radius 3 is 1.21 bits per heavy atom. The maximum atomic E-state index is 12.4. The van der Waals surface area contributed by atoms with Crippen molar-refractivity contribution in [3.63, 3.8) is 0 Å². The van der Waals surface area contributed by atoms with Crippen molar-refractivity contribution in [2.24, 2.45) is 0 Å². The highest BCUT2D eigenvalue weighted by Gasteiger charge is 2.22. The van der Waals surface area contributed by atoms with Crippen molar-refractivity contribution in [2.45, 2.75) is 238 Å². The van der Waals surface area contributed by atoms with Gasteiger partial charge >= 0.3 is 19.8 Å². The van der Waals surface area contributed by atoms with E-state index in [9.17, 15) is 14.2 Å². The summed E-state index contributed by atoms with van der Waals surface area (Å²) in [5.74, 6) is -0.942. The Hall–Kier alpha value is -1.99. The number of esters is 2. The van der Waals surface area contributed by atoms with Crippen molar-refractivity contribution >= 4 is 19.8 Å². The molecule has 0 aliphatic carbocycles. The van der Waals surface area contributed by atoms with Gasteiger partial charge in [0.2, 0.25) is 0 Å². The lowest BCUT2D eigenvalue weighted by atomic mass is 10.0. The Kier molecular flexibility index (Phi) is 43.0. The third-order valence-corrected chi connectivity index (χ3v) is 10.8. The molecule has 58 heavy (non-hydrogen) atoms. The van der Waals surface area contributed by atoms with Gasteiger partial charge in [0.15, 0.2) is 6.10 Å². The highest BCUT2D eigenvalue weighted by molar-refractivity contribution is 7.46. The lowest BCUT2D eigenvalue weighted by Gasteiger charge is -2.18. The molecule has 0 saturated carbocycles. The lowest BCUT2D eigenvalue weighted by Crippen LogP contribution is -2.29. The second-order valence-electron chi connectivity index (χ2n) is 16.1. The van der Waals surface area contributed by atoms with E-state index in [0.29, 0.717) is 12.8 Å². The number of rotatable bonds is 44. The number of phosphoric acid groups is 1. The fourth-order valence-electron chi connectivity index (χ4n) is 6.78.